The number of nitrogens with one attached hydrogen (secondary N) is 2. The van der Waals surface area contributed by atoms with Crippen LogP contribution in [-0.2, 0) is 19.9 Å². The van der Waals surface area contributed by atoms with Crippen LogP contribution in [0.25, 0.3) is 0 Å². The highest BCUT2D eigenvalue weighted by molar-refractivity contribution is 6.26. The molecule has 34 heavy (non-hydrogen) atoms. The number of fused-ring (bicyclic) bond motifs is 4. The summed E-state index contributed by atoms with van der Waals surface area (Å²) < 4.78 is 5.18. The highest BCUT2D eigenvalue weighted by atomic mass is 16.6. The van der Waals surface area contributed by atoms with Crippen molar-refractivity contribution < 1.29 is 24.0 Å². The Morgan fingerprint density at radius 3 is 2.50 bits per heavy atom. The second-order valence-electron chi connectivity index (χ2n) is 9.30. The molecule has 5 rings (SSSR count). The molecule has 3 aliphatic rings. The number of rotatable bonds is 4. The van der Waals surface area contributed by atoms with Gasteiger partial charge in [0.25, 0.3) is 0 Å². The van der Waals surface area contributed by atoms with Gasteiger partial charge in [0, 0.05) is 29.4 Å². The number of aryl methyl sites for hydroxylation is 1. The lowest BCUT2D eigenvalue weighted by Crippen LogP contribution is -2.54. The number of anilines is 2. The summed E-state index contributed by atoms with van der Waals surface area (Å²) in [7, 11) is 1.29. The van der Waals surface area contributed by atoms with Crippen molar-refractivity contribution in [3.05, 3.63) is 57.6 Å². The Bertz CT molecular complexity index is 1270. The fourth-order valence-electron chi connectivity index (χ4n) is 5.71. The molecular weight excluding hydrogens is 440 g/mol. The highest BCUT2D eigenvalue weighted by Crippen LogP contribution is 2.55. The molecule has 10 heteroatoms. The summed E-state index contributed by atoms with van der Waals surface area (Å²) in [6.45, 7) is 5.47. The van der Waals surface area contributed by atoms with E-state index < -0.39 is 40.2 Å². The summed E-state index contributed by atoms with van der Waals surface area (Å²) in [6.07, 6.45) is 0. The molecule has 0 radical (unpaired) electrons. The quantitative estimate of drug-likeness (QED) is 0.404. The van der Waals surface area contributed by atoms with Gasteiger partial charge in [0.2, 0.25) is 17.7 Å². The van der Waals surface area contributed by atoms with E-state index >= 15 is 0 Å². The van der Waals surface area contributed by atoms with Gasteiger partial charge < -0.3 is 10.1 Å². The van der Waals surface area contributed by atoms with Crippen LogP contribution in [-0.4, -0.2) is 35.8 Å². The van der Waals surface area contributed by atoms with E-state index in [9.17, 15) is 24.5 Å². The fourth-order valence-corrected chi connectivity index (χ4v) is 5.71. The minimum absolute atomic E-state index is 0.0448. The Morgan fingerprint density at radius 1 is 1.15 bits per heavy atom. The number of amides is 3. The minimum atomic E-state index is -1.38. The van der Waals surface area contributed by atoms with Gasteiger partial charge in [0.1, 0.15) is 5.54 Å². The number of hydrogen-bond acceptors (Lipinski definition) is 7. The lowest BCUT2D eigenvalue weighted by molar-refractivity contribution is -0.385. The summed E-state index contributed by atoms with van der Waals surface area (Å²) in [5, 5.41) is 17.7. The van der Waals surface area contributed by atoms with E-state index in [1.165, 1.54) is 19.2 Å². The smallest absolute Gasteiger partial charge is 0.311 e. The molecule has 2 saturated heterocycles. The molecule has 1 spiro atoms. The van der Waals surface area contributed by atoms with Crippen LogP contribution in [0, 0.1) is 34.8 Å². The summed E-state index contributed by atoms with van der Waals surface area (Å²) in [5.74, 6) is -3.16. The van der Waals surface area contributed by atoms with E-state index in [-0.39, 0.29) is 28.9 Å². The number of methoxy groups -OCH3 is 1. The van der Waals surface area contributed by atoms with Crippen LogP contribution in [0.3, 0.4) is 0 Å². The standard InChI is InChI=1S/C24H24N4O6/c1-11(2)20-18-19(24(26-20)13-7-5-6-8-14(13)25-23(24)31)22(30)27(21(18)29)15-10-17(34-4)16(28(32)33)9-12(15)3/h5-11,18-20,26H,1-4H3,(H,25,31)/t18-,19-,20-,24+/m0/s1. The molecule has 0 saturated carbocycles. The van der Waals surface area contributed by atoms with E-state index in [1.54, 1.807) is 31.2 Å². The molecule has 2 aromatic carbocycles. The van der Waals surface area contributed by atoms with Gasteiger partial charge in [-0.3, -0.25) is 29.8 Å². The molecule has 2 fully saturated rings. The molecule has 0 bridgehead atoms. The van der Waals surface area contributed by atoms with Gasteiger partial charge in [0.05, 0.1) is 29.6 Å². The number of carbonyl (C=O) groups excluding carboxylic acids is 3. The van der Waals surface area contributed by atoms with Crippen molar-refractivity contribution in [3.63, 3.8) is 0 Å². The van der Waals surface area contributed by atoms with Gasteiger partial charge in [-0.2, -0.15) is 0 Å². The largest absolute Gasteiger partial charge is 0.490 e. The molecule has 2 aromatic rings. The van der Waals surface area contributed by atoms with E-state index in [1.807, 2.05) is 13.8 Å². The molecule has 0 aromatic heterocycles. The van der Waals surface area contributed by atoms with Crippen molar-refractivity contribution >= 4 is 34.8 Å². The summed E-state index contributed by atoms with van der Waals surface area (Å²) in [4.78, 5) is 53.1. The maximum Gasteiger partial charge on any atom is 0.311 e. The van der Waals surface area contributed by atoms with Crippen molar-refractivity contribution in [2.45, 2.75) is 32.4 Å². The molecule has 0 aliphatic carbocycles. The monoisotopic (exact) mass is 464 g/mol. The van der Waals surface area contributed by atoms with E-state index in [4.69, 9.17) is 4.74 Å². The van der Waals surface area contributed by atoms with Crippen LogP contribution in [0.15, 0.2) is 36.4 Å². The average molecular weight is 464 g/mol. The zero-order chi connectivity index (χ0) is 24.5. The number of nitro benzene ring substituents is 1. The average Bonchev–Trinajstić information content (AvgIpc) is 3.39. The summed E-state index contributed by atoms with van der Waals surface area (Å²) in [6, 6.07) is 9.36. The van der Waals surface area contributed by atoms with Gasteiger partial charge >= 0.3 is 5.69 Å². The maximum atomic E-state index is 14.0. The summed E-state index contributed by atoms with van der Waals surface area (Å²) >= 11 is 0. The summed E-state index contributed by atoms with van der Waals surface area (Å²) in [5.41, 5.74) is 0.209. The Morgan fingerprint density at radius 2 is 1.85 bits per heavy atom. The van der Waals surface area contributed by atoms with E-state index in [0.29, 0.717) is 16.8 Å². The van der Waals surface area contributed by atoms with Crippen molar-refractivity contribution in [2.75, 3.05) is 17.3 Å². The molecule has 3 amide bonds. The first-order valence-corrected chi connectivity index (χ1v) is 11.0. The lowest BCUT2D eigenvalue weighted by Gasteiger charge is -2.30. The van der Waals surface area contributed by atoms with Crippen molar-refractivity contribution in [2.24, 2.45) is 17.8 Å². The van der Waals surface area contributed by atoms with E-state index in [2.05, 4.69) is 10.6 Å². The molecule has 0 unspecified atom stereocenters. The number of para-hydroxylation sites is 1. The van der Waals surface area contributed by atoms with Crippen LogP contribution in [0.1, 0.15) is 25.0 Å². The number of carbonyl (C=O) groups is 3. The number of benzene rings is 2. The Balaban J connectivity index is 1.68. The number of hydrogen-bond donors (Lipinski definition) is 2. The normalized spacial score (nSPS) is 27.4. The fraction of sp³-hybridized carbons (Fsp3) is 0.375. The van der Waals surface area contributed by atoms with Gasteiger partial charge in [-0.1, -0.05) is 32.0 Å². The van der Waals surface area contributed by atoms with Gasteiger partial charge in [-0.25, -0.2) is 4.90 Å². The van der Waals surface area contributed by atoms with Crippen LogP contribution < -0.4 is 20.3 Å². The topological polar surface area (TPSA) is 131 Å². The predicted octanol–water partition coefficient (Wildman–Crippen LogP) is 2.49. The number of nitrogens with zero attached hydrogens (tertiary/aromatic N) is 2. The predicted molar refractivity (Wildman–Crippen MR) is 122 cm³/mol. The lowest BCUT2D eigenvalue weighted by atomic mass is 9.76. The van der Waals surface area contributed by atoms with Gasteiger partial charge in [0.15, 0.2) is 5.75 Å². The van der Waals surface area contributed by atoms with Crippen molar-refractivity contribution in [3.8, 4) is 5.75 Å². The van der Waals surface area contributed by atoms with Crippen molar-refractivity contribution in [1.82, 2.24) is 5.32 Å². The van der Waals surface area contributed by atoms with Gasteiger partial charge in [-0.15, -0.1) is 0 Å². The van der Waals surface area contributed by atoms with Gasteiger partial charge in [-0.05, 0) is 24.5 Å². The molecular formula is C24H24N4O6. The Hall–Kier alpha value is -3.79. The maximum absolute atomic E-state index is 14.0. The first-order chi connectivity index (χ1) is 16.1. The second-order valence-corrected chi connectivity index (χ2v) is 9.30. The number of nitro groups is 1. The SMILES string of the molecule is COc1cc(N2C(=O)[C@H]3[C@@H](C2=O)[C@@]2(N[C@H]3C(C)C)C(=O)Nc3ccccc32)c(C)cc1[N+](=O)[O-]. The van der Waals surface area contributed by atoms with Crippen LogP contribution >= 0.6 is 0 Å². The Kier molecular flexibility index (Phi) is 4.77. The van der Waals surface area contributed by atoms with Crippen LogP contribution in [0.4, 0.5) is 17.1 Å². The molecule has 176 valence electrons. The van der Waals surface area contributed by atoms with E-state index in [0.717, 1.165) is 4.90 Å². The van der Waals surface area contributed by atoms with Crippen molar-refractivity contribution in [1.29, 1.82) is 0 Å². The highest BCUT2D eigenvalue weighted by Gasteiger charge is 2.71. The zero-order valence-corrected chi connectivity index (χ0v) is 19.1. The number of ether oxygens (including phenoxy) is 1. The molecule has 10 nitrogen and oxygen atoms in total. The minimum Gasteiger partial charge on any atom is -0.490 e. The molecule has 3 heterocycles. The third-order valence-electron chi connectivity index (χ3n) is 7.21. The molecule has 2 N–H and O–H groups in total. The second kappa shape index (κ2) is 7.36. The molecule has 4 atom stereocenters. The first kappa shape index (κ1) is 22.0. The number of imide groups is 1. The third-order valence-corrected chi connectivity index (χ3v) is 7.21. The molecule has 3 aliphatic heterocycles. The Labute approximate surface area is 195 Å². The van der Waals surface area contributed by atoms with Crippen LogP contribution in [0.2, 0.25) is 0 Å². The zero-order valence-electron chi connectivity index (χ0n) is 19.1. The van der Waals surface area contributed by atoms with Crippen LogP contribution in [0.5, 0.6) is 5.75 Å². The third kappa shape index (κ3) is 2.68. The first-order valence-electron chi connectivity index (χ1n) is 11.0.